The second-order valence-corrected chi connectivity index (χ2v) is 10.5. The van der Waals surface area contributed by atoms with Gasteiger partial charge in [-0.15, -0.1) is 0 Å². The largest absolute Gasteiger partial charge is 0.495 e. The lowest BCUT2D eigenvalue weighted by atomic mass is 9.86. The van der Waals surface area contributed by atoms with Crippen molar-refractivity contribution in [3.63, 3.8) is 0 Å². The lowest BCUT2D eigenvalue weighted by Crippen LogP contribution is -2.53. The molecule has 4 unspecified atom stereocenters. The predicted molar refractivity (Wildman–Crippen MR) is 143 cm³/mol. The summed E-state index contributed by atoms with van der Waals surface area (Å²) in [4.78, 5) is 24.0. The normalized spacial score (nSPS) is 27.3. The van der Waals surface area contributed by atoms with E-state index < -0.39 is 6.09 Å². The molecular weight excluding hydrogens is 496 g/mol. The summed E-state index contributed by atoms with van der Waals surface area (Å²) in [6, 6.07) is 5.52. The molecule has 0 spiro atoms. The molecule has 0 radical (unpaired) electrons. The van der Waals surface area contributed by atoms with E-state index in [1.165, 1.54) is 0 Å². The number of cyclic esters (lactones) is 1. The molecule has 2 aliphatic heterocycles. The molecule has 6 atom stereocenters. The molecule has 2 N–H and O–H groups in total. The van der Waals surface area contributed by atoms with Crippen molar-refractivity contribution in [1.29, 1.82) is 0 Å². The highest BCUT2D eigenvalue weighted by Crippen LogP contribution is 2.46. The molecule has 0 aromatic heterocycles. The van der Waals surface area contributed by atoms with Gasteiger partial charge in [-0.2, -0.15) is 0 Å². The molecule has 8 nitrogen and oxygen atoms in total. The number of hydrogen-bond donors (Lipinski definition) is 2. The van der Waals surface area contributed by atoms with Crippen LogP contribution in [0, 0.1) is 5.92 Å². The maximum Gasteiger partial charge on any atom is 0.407 e. The van der Waals surface area contributed by atoms with Gasteiger partial charge in [-0.1, -0.05) is 48.4 Å². The maximum absolute atomic E-state index is 12.4. The number of halogens is 1. The molecule has 3 rings (SSSR count). The summed E-state index contributed by atoms with van der Waals surface area (Å²) < 4.78 is 22.6. The number of allylic oxidation sites excluding steroid dienone is 3. The number of amides is 2. The van der Waals surface area contributed by atoms with Crippen LogP contribution in [0.5, 0.6) is 5.75 Å². The Balaban J connectivity index is 1.58. The van der Waals surface area contributed by atoms with Crippen molar-refractivity contribution in [2.75, 3.05) is 21.3 Å². The Bertz CT molecular complexity index is 1030. The molecule has 1 aromatic carbocycles. The molecule has 1 aromatic rings. The summed E-state index contributed by atoms with van der Waals surface area (Å²) in [7, 11) is 4.86. The molecule has 37 heavy (non-hydrogen) atoms. The van der Waals surface area contributed by atoms with Gasteiger partial charge in [0.1, 0.15) is 11.9 Å². The van der Waals surface area contributed by atoms with Gasteiger partial charge in [0.2, 0.25) is 5.91 Å². The van der Waals surface area contributed by atoms with Gasteiger partial charge in [-0.05, 0) is 44.4 Å². The fraction of sp³-hybridized carbons (Fsp3) is 0.571. The Hall–Kier alpha value is -2.55. The van der Waals surface area contributed by atoms with Crippen LogP contribution in [0.3, 0.4) is 0 Å². The average molecular weight is 535 g/mol. The van der Waals surface area contributed by atoms with Crippen LogP contribution < -0.4 is 15.4 Å². The molecule has 2 amide bonds. The van der Waals surface area contributed by atoms with Crippen LogP contribution in [0.4, 0.5) is 4.79 Å². The Morgan fingerprint density at radius 1 is 1.38 bits per heavy atom. The first-order valence-corrected chi connectivity index (χ1v) is 13.0. The van der Waals surface area contributed by atoms with Crippen LogP contribution in [-0.4, -0.2) is 63.2 Å². The number of benzene rings is 1. The number of carbonyl (C=O) groups excluding carboxylic acids is 2. The highest BCUT2D eigenvalue weighted by molar-refractivity contribution is 6.32. The van der Waals surface area contributed by atoms with E-state index in [-0.39, 0.29) is 41.8 Å². The van der Waals surface area contributed by atoms with Crippen molar-refractivity contribution in [3.05, 3.63) is 52.6 Å². The molecule has 0 bridgehead atoms. The summed E-state index contributed by atoms with van der Waals surface area (Å²) in [5.41, 5.74) is 1.88. The summed E-state index contributed by atoms with van der Waals surface area (Å²) in [5, 5.41) is 6.12. The highest BCUT2D eigenvalue weighted by Gasteiger charge is 2.57. The van der Waals surface area contributed by atoms with Gasteiger partial charge in [-0.25, -0.2) is 4.79 Å². The first kappa shape index (κ1) is 29.0. The second-order valence-electron chi connectivity index (χ2n) is 10.1. The van der Waals surface area contributed by atoms with Crippen molar-refractivity contribution in [2.45, 2.75) is 76.4 Å². The molecule has 204 valence electrons. The topological polar surface area (TPSA) is 98.4 Å². The van der Waals surface area contributed by atoms with E-state index in [0.717, 1.165) is 17.6 Å². The van der Waals surface area contributed by atoms with Crippen LogP contribution in [-0.2, 0) is 25.4 Å². The van der Waals surface area contributed by atoms with Gasteiger partial charge in [0.25, 0.3) is 0 Å². The molecule has 2 fully saturated rings. The van der Waals surface area contributed by atoms with Gasteiger partial charge in [0.15, 0.2) is 0 Å². The van der Waals surface area contributed by atoms with Gasteiger partial charge in [-0.3, -0.25) is 4.79 Å². The Kier molecular flexibility index (Phi) is 10.0. The third kappa shape index (κ3) is 7.72. The third-order valence-corrected chi connectivity index (χ3v) is 7.54. The van der Waals surface area contributed by atoms with Gasteiger partial charge in [0.05, 0.1) is 36.0 Å². The lowest BCUT2D eigenvalue weighted by molar-refractivity contribution is -0.120. The summed E-state index contributed by atoms with van der Waals surface area (Å²) in [6.07, 6.45) is 7.16. The fourth-order valence-electron chi connectivity index (χ4n) is 4.92. The third-order valence-electron chi connectivity index (χ3n) is 7.23. The molecule has 2 saturated heterocycles. The SMILES string of the molecule is CNC(=O)CCC1(C)OC1[C@H](C)C1CC([C@@H](/C=C/C=C(\C)Cc2ccc(Cl)c(OC)c2)OC)NC(=O)O1. The first-order valence-electron chi connectivity index (χ1n) is 12.6. The Morgan fingerprint density at radius 2 is 2.14 bits per heavy atom. The molecule has 9 heteroatoms. The number of ether oxygens (including phenoxy) is 4. The van der Waals surface area contributed by atoms with Crippen molar-refractivity contribution >= 4 is 23.6 Å². The monoisotopic (exact) mass is 534 g/mol. The number of hydrogen-bond acceptors (Lipinski definition) is 6. The minimum absolute atomic E-state index is 0.0108. The van der Waals surface area contributed by atoms with E-state index >= 15 is 0 Å². The smallest absolute Gasteiger partial charge is 0.407 e. The zero-order chi connectivity index (χ0) is 27.2. The number of epoxide rings is 1. The molecule has 2 aliphatic rings. The molecule has 0 aliphatic carbocycles. The second kappa shape index (κ2) is 12.8. The van der Waals surface area contributed by atoms with Gasteiger partial charge in [0, 0.05) is 32.9 Å². The van der Waals surface area contributed by atoms with Crippen molar-refractivity contribution in [1.82, 2.24) is 10.6 Å². The zero-order valence-corrected chi connectivity index (χ0v) is 23.3. The van der Waals surface area contributed by atoms with Crippen LogP contribution >= 0.6 is 11.6 Å². The van der Waals surface area contributed by atoms with Crippen LogP contribution in [0.2, 0.25) is 5.02 Å². The first-order chi connectivity index (χ1) is 17.6. The number of rotatable bonds is 12. The van der Waals surface area contributed by atoms with E-state index in [4.69, 9.17) is 30.5 Å². The van der Waals surface area contributed by atoms with Crippen molar-refractivity contribution < 1.29 is 28.5 Å². The standard InChI is InChI=1S/C28H39ClN2O6/c1-17(14-19-10-11-20(29)24(15-19)35-6)8-7-9-22(34-5)21-16-23(36-27(33)31-21)18(2)26-28(3,37-26)13-12-25(32)30-4/h7-11,15,18,21-23,26H,12-14,16H2,1-6H3,(H,30,32)(H,31,33)/b9-7+,17-8+/t18-,21?,22-,23?,26?,28?/m1/s1. The molecular formula is C28H39ClN2O6. The lowest BCUT2D eigenvalue weighted by Gasteiger charge is -2.35. The summed E-state index contributed by atoms with van der Waals surface area (Å²) in [5.74, 6) is 0.635. The van der Waals surface area contributed by atoms with E-state index in [1.54, 1.807) is 21.3 Å². The van der Waals surface area contributed by atoms with Crippen LogP contribution in [0.25, 0.3) is 0 Å². The summed E-state index contributed by atoms with van der Waals surface area (Å²) >= 11 is 6.12. The Labute approximate surface area is 224 Å². The number of methoxy groups -OCH3 is 2. The maximum atomic E-state index is 12.4. The summed E-state index contributed by atoms with van der Waals surface area (Å²) in [6.45, 7) is 6.09. The zero-order valence-electron chi connectivity index (χ0n) is 22.5. The Morgan fingerprint density at radius 3 is 2.81 bits per heavy atom. The van der Waals surface area contributed by atoms with Crippen LogP contribution in [0.1, 0.15) is 45.6 Å². The highest BCUT2D eigenvalue weighted by atomic mass is 35.5. The van der Waals surface area contributed by atoms with E-state index in [1.807, 2.05) is 50.3 Å². The molecule has 2 heterocycles. The van der Waals surface area contributed by atoms with E-state index in [0.29, 0.717) is 30.0 Å². The number of carbonyl (C=O) groups is 2. The van der Waals surface area contributed by atoms with Gasteiger partial charge < -0.3 is 29.6 Å². The van der Waals surface area contributed by atoms with Crippen molar-refractivity contribution in [3.8, 4) is 5.75 Å². The number of nitrogens with one attached hydrogen (secondary N) is 2. The van der Waals surface area contributed by atoms with E-state index in [2.05, 4.69) is 17.6 Å². The van der Waals surface area contributed by atoms with Gasteiger partial charge >= 0.3 is 6.09 Å². The predicted octanol–water partition coefficient (Wildman–Crippen LogP) is 4.60. The average Bonchev–Trinajstić information content (AvgIpc) is 3.56. The minimum Gasteiger partial charge on any atom is -0.495 e. The molecule has 0 saturated carbocycles. The minimum atomic E-state index is -0.459. The number of alkyl carbamates (subject to hydrolysis) is 1. The van der Waals surface area contributed by atoms with Crippen LogP contribution in [0.15, 0.2) is 42.0 Å². The fourth-order valence-corrected chi connectivity index (χ4v) is 5.12. The quantitative estimate of drug-likeness (QED) is 0.300. The van der Waals surface area contributed by atoms with E-state index in [9.17, 15) is 9.59 Å². The van der Waals surface area contributed by atoms with Crippen molar-refractivity contribution in [2.24, 2.45) is 5.92 Å².